The van der Waals surface area contributed by atoms with E-state index in [2.05, 4.69) is 20.3 Å². The maximum Gasteiger partial charge on any atom is 0.411 e. The number of urea groups is 1. The number of morpholine rings is 1. The minimum atomic E-state index is -4.35. The summed E-state index contributed by atoms with van der Waals surface area (Å²) in [4.78, 5) is 13.8. The number of benzene rings is 1. The number of carbonyl (C=O) groups excluding carboxylic acids is 1. The summed E-state index contributed by atoms with van der Waals surface area (Å²) in [6, 6.07) is 7.39. The number of hydrogen-bond acceptors (Lipinski definition) is 4. The van der Waals surface area contributed by atoms with E-state index in [-0.39, 0.29) is 13.2 Å². The summed E-state index contributed by atoms with van der Waals surface area (Å²) in [6.07, 6.45) is -4.35. The monoisotopic (exact) mass is 361 g/mol. The van der Waals surface area contributed by atoms with Gasteiger partial charge in [-0.3, -0.25) is 0 Å². The zero-order valence-corrected chi connectivity index (χ0v) is 13.8. The van der Waals surface area contributed by atoms with Gasteiger partial charge in [0.25, 0.3) is 0 Å². The van der Waals surface area contributed by atoms with E-state index in [4.69, 9.17) is 4.74 Å². The van der Waals surface area contributed by atoms with E-state index in [1.165, 1.54) is 0 Å². The molecule has 1 aliphatic rings. The van der Waals surface area contributed by atoms with Crippen LogP contribution in [0.5, 0.6) is 0 Å². The zero-order valence-electron chi connectivity index (χ0n) is 13.8. The second-order valence-electron chi connectivity index (χ2n) is 5.54. The van der Waals surface area contributed by atoms with Crippen molar-refractivity contribution >= 4 is 11.7 Å². The van der Waals surface area contributed by atoms with Crippen molar-refractivity contribution in [2.45, 2.75) is 12.7 Å². The van der Waals surface area contributed by atoms with Crippen molar-refractivity contribution in [2.24, 2.45) is 0 Å². The number of rotatable bonds is 7. The van der Waals surface area contributed by atoms with E-state index < -0.39 is 18.8 Å². The normalized spacial score (nSPS) is 15.1. The van der Waals surface area contributed by atoms with Crippen molar-refractivity contribution in [3.8, 4) is 0 Å². The third-order valence-electron chi connectivity index (χ3n) is 3.56. The molecule has 140 valence electrons. The molecule has 0 atom stereocenters. The first-order chi connectivity index (χ1) is 11.9. The van der Waals surface area contributed by atoms with E-state index in [0.29, 0.717) is 6.54 Å². The molecule has 0 aliphatic carbocycles. The largest absolute Gasteiger partial charge is 0.411 e. The highest BCUT2D eigenvalue weighted by Gasteiger charge is 2.27. The summed E-state index contributed by atoms with van der Waals surface area (Å²) in [7, 11) is 0. The minimum absolute atomic E-state index is 0.0118. The number of halogens is 3. The van der Waals surface area contributed by atoms with Gasteiger partial charge >= 0.3 is 12.2 Å². The van der Waals surface area contributed by atoms with E-state index in [1.807, 2.05) is 24.3 Å². The summed E-state index contributed by atoms with van der Waals surface area (Å²) < 4.78 is 45.3. The van der Waals surface area contributed by atoms with Gasteiger partial charge in [0.15, 0.2) is 0 Å². The molecule has 0 radical (unpaired) electrons. The Labute approximate surface area is 144 Å². The Balaban J connectivity index is 1.62. The molecule has 0 aromatic heterocycles. The molecule has 0 unspecified atom stereocenters. The van der Waals surface area contributed by atoms with Crippen molar-refractivity contribution in [2.75, 3.05) is 51.0 Å². The number of amides is 2. The van der Waals surface area contributed by atoms with Crippen LogP contribution in [0.25, 0.3) is 0 Å². The Morgan fingerprint density at radius 2 is 1.84 bits per heavy atom. The van der Waals surface area contributed by atoms with Crippen LogP contribution in [0.1, 0.15) is 5.56 Å². The SMILES string of the molecule is O=C(NCCOCC(F)(F)F)NCc1ccc(N2CCOCC2)cc1. The Hall–Kier alpha value is -2.00. The third kappa shape index (κ3) is 7.61. The quantitative estimate of drug-likeness (QED) is 0.729. The highest BCUT2D eigenvalue weighted by molar-refractivity contribution is 5.73. The second kappa shape index (κ2) is 9.47. The topological polar surface area (TPSA) is 62.8 Å². The molecule has 1 heterocycles. The minimum Gasteiger partial charge on any atom is -0.378 e. The first-order valence-corrected chi connectivity index (χ1v) is 8.02. The van der Waals surface area contributed by atoms with E-state index in [9.17, 15) is 18.0 Å². The molecule has 2 amide bonds. The van der Waals surface area contributed by atoms with Crippen molar-refractivity contribution in [1.29, 1.82) is 0 Å². The van der Waals surface area contributed by atoms with Crippen LogP contribution in [0.3, 0.4) is 0 Å². The molecule has 1 aromatic rings. The summed E-state index contributed by atoms with van der Waals surface area (Å²) in [5.41, 5.74) is 2.04. The first-order valence-electron chi connectivity index (χ1n) is 8.02. The lowest BCUT2D eigenvalue weighted by Crippen LogP contribution is -2.37. The number of carbonyl (C=O) groups is 1. The molecule has 2 rings (SSSR count). The Bertz CT molecular complexity index is 532. The fourth-order valence-electron chi connectivity index (χ4n) is 2.32. The van der Waals surface area contributed by atoms with Gasteiger partial charge in [-0.15, -0.1) is 0 Å². The van der Waals surface area contributed by atoms with Crippen molar-refractivity contribution in [3.05, 3.63) is 29.8 Å². The molecule has 0 spiro atoms. The lowest BCUT2D eigenvalue weighted by molar-refractivity contribution is -0.173. The first kappa shape index (κ1) is 19.3. The van der Waals surface area contributed by atoms with Gasteiger partial charge in [-0.1, -0.05) is 12.1 Å². The van der Waals surface area contributed by atoms with Gasteiger partial charge < -0.3 is 25.0 Å². The van der Waals surface area contributed by atoms with Gasteiger partial charge in [0.1, 0.15) is 6.61 Å². The van der Waals surface area contributed by atoms with Crippen LogP contribution in [0.15, 0.2) is 24.3 Å². The van der Waals surface area contributed by atoms with Gasteiger partial charge in [-0.25, -0.2) is 4.79 Å². The lowest BCUT2D eigenvalue weighted by Gasteiger charge is -2.28. The van der Waals surface area contributed by atoms with Crippen LogP contribution >= 0.6 is 0 Å². The molecule has 0 saturated carbocycles. The molecular formula is C16H22F3N3O3. The van der Waals surface area contributed by atoms with Gasteiger partial charge in [0.2, 0.25) is 0 Å². The standard InChI is InChI=1S/C16H22F3N3O3/c17-16(18,19)12-25-8-5-20-15(23)21-11-13-1-3-14(4-2-13)22-6-9-24-10-7-22/h1-4H,5-12H2,(H2,20,21,23). The smallest absolute Gasteiger partial charge is 0.378 e. The van der Waals surface area contributed by atoms with Crippen LogP contribution in [-0.2, 0) is 16.0 Å². The van der Waals surface area contributed by atoms with Gasteiger partial charge in [-0.05, 0) is 17.7 Å². The van der Waals surface area contributed by atoms with Crippen LogP contribution in [0.4, 0.5) is 23.7 Å². The summed E-state index contributed by atoms with van der Waals surface area (Å²) in [5.74, 6) is 0. The fraction of sp³-hybridized carbons (Fsp3) is 0.562. The predicted molar refractivity (Wildman–Crippen MR) is 86.6 cm³/mol. The molecule has 1 fully saturated rings. The number of ether oxygens (including phenoxy) is 2. The number of anilines is 1. The fourth-order valence-corrected chi connectivity index (χ4v) is 2.32. The Morgan fingerprint density at radius 1 is 1.16 bits per heavy atom. The van der Waals surface area contributed by atoms with E-state index in [1.54, 1.807) is 0 Å². The molecule has 2 N–H and O–H groups in total. The van der Waals surface area contributed by atoms with Crippen LogP contribution in [0, 0.1) is 0 Å². The highest BCUT2D eigenvalue weighted by Crippen LogP contribution is 2.16. The molecule has 1 aromatic carbocycles. The maximum atomic E-state index is 11.9. The third-order valence-corrected chi connectivity index (χ3v) is 3.56. The highest BCUT2D eigenvalue weighted by atomic mass is 19.4. The molecule has 1 aliphatic heterocycles. The van der Waals surface area contributed by atoms with Crippen LogP contribution in [-0.4, -0.2) is 58.3 Å². The molecule has 1 saturated heterocycles. The van der Waals surface area contributed by atoms with Gasteiger partial charge in [0, 0.05) is 31.9 Å². The molecule has 0 bridgehead atoms. The molecule has 6 nitrogen and oxygen atoms in total. The van der Waals surface area contributed by atoms with Crippen molar-refractivity contribution in [1.82, 2.24) is 10.6 Å². The van der Waals surface area contributed by atoms with E-state index in [0.717, 1.165) is 37.6 Å². The summed E-state index contributed by atoms with van der Waals surface area (Å²) >= 11 is 0. The molecule has 9 heteroatoms. The Morgan fingerprint density at radius 3 is 2.48 bits per heavy atom. The number of hydrogen-bond donors (Lipinski definition) is 2. The number of alkyl halides is 3. The Kier molecular flexibility index (Phi) is 7.32. The second-order valence-corrected chi connectivity index (χ2v) is 5.54. The number of nitrogens with one attached hydrogen (secondary N) is 2. The average molecular weight is 361 g/mol. The summed E-state index contributed by atoms with van der Waals surface area (Å²) in [6.45, 7) is 1.99. The molecular weight excluding hydrogens is 339 g/mol. The lowest BCUT2D eigenvalue weighted by atomic mass is 10.2. The van der Waals surface area contributed by atoms with E-state index >= 15 is 0 Å². The van der Waals surface area contributed by atoms with Crippen LogP contribution in [0.2, 0.25) is 0 Å². The van der Waals surface area contributed by atoms with Gasteiger partial charge in [-0.2, -0.15) is 13.2 Å². The molecule has 25 heavy (non-hydrogen) atoms. The zero-order chi connectivity index (χ0) is 18.1. The number of nitrogens with zero attached hydrogens (tertiary/aromatic N) is 1. The van der Waals surface area contributed by atoms with Gasteiger partial charge in [0.05, 0.1) is 19.8 Å². The van der Waals surface area contributed by atoms with Crippen LogP contribution < -0.4 is 15.5 Å². The van der Waals surface area contributed by atoms with Crippen molar-refractivity contribution in [3.63, 3.8) is 0 Å². The average Bonchev–Trinajstić information content (AvgIpc) is 2.60. The predicted octanol–water partition coefficient (Wildman–Crippen LogP) is 1.90. The maximum absolute atomic E-state index is 11.9. The van der Waals surface area contributed by atoms with Crippen molar-refractivity contribution < 1.29 is 27.4 Å². The summed E-state index contributed by atoms with van der Waals surface area (Å²) in [5, 5.41) is 5.08.